The third-order valence-corrected chi connectivity index (χ3v) is 4.08. The number of tetrazole rings is 1. The molecule has 1 aliphatic carbocycles. The Bertz CT molecular complexity index is 341. The van der Waals surface area contributed by atoms with Crippen LogP contribution in [0.5, 0.6) is 0 Å². The number of rotatable bonds is 6. The number of aromatic nitrogens is 4. The molecule has 1 aromatic rings. The van der Waals surface area contributed by atoms with Gasteiger partial charge >= 0.3 is 0 Å². The fourth-order valence-electron chi connectivity index (χ4n) is 2.99. The molecule has 0 aromatic carbocycles. The first-order valence-electron chi connectivity index (χ1n) is 7.31. The molecule has 0 radical (unpaired) electrons. The van der Waals surface area contributed by atoms with E-state index in [0.29, 0.717) is 12.5 Å². The summed E-state index contributed by atoms with van der Waals surface area (Å²) in [5.74, 6) is 2.53. The van der Waals surface area contributed by atoms with Gasteiger partial charge in [-0.1, -0.05) is 26.2 Å². The average molecular weight is 251 g/mol. The van der Waals surface area contributed by atoms with Crippen molar-refractivity contribution in [2.45, 2.75) is 64.3 Å². The minimum Gasteiger partial charge on any atom is -0.329 e. The summed E-state index contributed by atoms with van der Waals surface area (Å²) in [6.45, 7) is 3.61. The first kappa shape index (κ1) is 13.5. The molecule has 0 unspecified atom stereocenters. The molecule has 1 aliphatic rings. The fraction of sp³-hybridized carbons (Fsp3) is 0.923. The van der Waals surface area contributed by atoms with Gasteiger partial charge in [-0.15, -0.1) is 5.10 Å². The molecule has 1 fully saturated rings. The van der Waals surface area contributed by atoms with Crippen LogP contribution >= 0.6 is 0 Å². The van der Waals surface area contributed by atoms with E-state index in [-0.39, 0.29) is 0 Å². The molecule has 0 amide bonds. The minimum atomic E-state index is 0.546. The predicted octanol–water partition coefficient (Wildman–Crippen LogP) is 2.10. The maximum Gasteiger partial charge on any atom is 0.154 e. The van der Waals surface area contributed by atoms with Crippen molar-refractivity contribution in [1.29, 1.82) is 0 Å². The van der Waals surface area contributed by atoms with Crippen LogP contribution in [0.4, 0.5) is 0 Å². The molecule has 102 valence electrons. The van der Waals surface area contributed by atoms with E-state index in [0.717, 1.165) is 18.3 Å². The summed E-state index contributed by atoms with van der Waals surface area (Å²) in [7, 11) is 0. The van der Waals surface area contributed by atoms with Crippen molar-refractivity contribution in [2.24, 2.45) is 11.7 Å². The summed E-state index contributed by atoms with van der Waals surface area (Å²) < 4.78 is 1.89. The monoisotopic (exact) mass is 251 g/mol. The van der Waals surface area contributed by atoms with Crippen LogP contribution in [0.25, 0.3) is 0 Å². The van der Waals surface area contributed by atoms with Gasteiger partial charge in [0.1, 0.15) is 0 Å². The standard InChI is InChI=1S/C13H25N5/c1-2-3-4-11-5-7-12(8-6-11)13-15-16-17-18(13)10-9-14/h11-12H,2-10,14H2,1H3. The summed E-state index contributed by atoms with van der Waals surface area (Å²) in [6.07, 6.45) is 9.23. The van der Waals surface area contributed by atoms with E-state index < -0.39 is 0 Å². The van der Waals surface area contributed by atoms with E-state index in [4.69, 9.17) is 5.73 Å². The van der Waals surface area contributed by atoms with E-state index in [1.807, 2.05) is 4.68 Å². The van der Waals surface area contributed by atoms with Gasteiger partial charge in [0.05, 0.1) is 6.54 Å². The second-order valence-electron chi connectivity index (χ2n) is 5.41. The molecular weight excluding hydrogens is 226 g/mol. The SMILES string of the molecule is CCCCC1CCC(c2nnnn2CCN)CC1. The molecule has 5 nitrogen and oxygen atoms in total. The van der Waals surface area contributed by atoms with Gasteiger partial charge in [0.25, 0.3) is 0 Å². The molecule has 0 spiro atoms. The summed E-state index contributed by atoms with van der Waals surface area (Å²) in [5, 5.41) is 12.0. The highest BCUT2D eigenvalue weighted by molar-refractivity contribution is 4.96. The first-order valence-corrected chi connectivity index (χ1v) is 7.31. The van der Waals surface area contributed by atoms with Crippen LogP contribution in [0.1, 0.15) is 63.6 Å². The number of hydrogen-bond acceptors (Lipinski definition) is 4. The molecular formula is C13H25N5. The Kier molecular flexibility index (Phi) is 5.11. The molecule has 0 atom stereocenters. The summed E-state index contributed by atoms with van der Waals surface area (Å²) >= 11 is 0. The Morgan fingerprint density at radius 1 is 1.28 bits per heavy atom. The van der Waals surface area contributed by atoms with Gasteiger partial charge in [-0.3, -0.25) is 0 Å². The average Bonchev–Trinajstić information content (AvgIpc) is 2.86. The Hall–Kier alpha value is -0.970. The highest BCUT2D eigenvalue weighted by Gasteiger charge is 2.25. The van der Waals surface area contributed by atoms with Crippen LogP contribution < -0.4 is 5.73 Å². The Balaban J connectivity index is 1.86. The lowest BCUT2D eigenvalue weighted by molar-refractivity contribution is 0.293. The summed E-state index contributed by atoms with van der Waals surface area (Å²) in [6, 6.07) is 0. The number of unbranched alkanes of at least 4 members (excludes halogenated alkanes) is 1. The van der Waals surface area contributed by atoms with Gasteiger partial charge in [0.2, 0.25) is 0 Å². The Labute approximate surface area is 109 Å². The van der Waals surface area contributed by atoms with Gasteiger partial charge < -0.3 is 5.73 Å². The quantitative estimate of drug-likeness (QED) is 0.840. The summed E-state index contributed by atoms with van der Waals surface area (Å²) in [4.78, 5) is 0. The first-order chi connectivity index (χ1) is 8.85. The molecule has 1 heterocycles. The van der Waals surface area contributed by atoms with Crippen LogP contribution in [0.15, 0.2) is 0 Å². The maximum absolute atomic E-state index is 5.58. The summed E-state index contributed by atoms with van der Waals surface area (Å²) in [5.41, 5.74) is 5.58. The lowest BCUT2D eigenvalue weighted by atomic mass is 9.79. The molecule has 0 bridgehead atoms. The Morgan fingerprint density at radius 2 is 2.06 bits per heavy atom. The minimum absolute atomic E-state index is 0.546. The van der Waals surface area contributed by atoms with Gasteiger partial charge in [0.15, 0.2) is 5.82 Å². The zero-order valence-electron chi connectivity index (χ0n) is 11.4. The molecule has 2 N–H and O–H groups in total. The largest absolute Gasteiger partial charge is 0.329 e. The number of hydrogen-bond donors (Lipinski definition) is 1. The van der Waals surface area contributed by atoms with Crippen molar-refractivity contribution in [3.63, 3.8) is 0 Å². The Morgan fingerprint density at radius 3 is 2.72 bits per heavy atom. The van der Waals surface area contributed by atoms with Crippen molar-refractivity contribution in [3.8, 4) is 0 Å². The van der Waals surface area contributed by atoms with E-state index >= 15 is 0 Å². The zero-order chi connectivity index (χ0) is 12.8. The molecule has 18 heavy (non-hydrogen) atoms. The van der Waals surface area contributed by atoms with Crippen molar-refractivity contribution in [1.82, 2.24) is 20.2 Å². The normalized spacial score (nSPS) is 24.3. The zero-order valence-corrected chi connectivity index (χ0v) is 11.4. The molecule has 2 rings (SSSR count). The van der Waals surface area contributed by atoms with E-state index in [1.165, 1.54) is 44.9 Å². The van der Waals surface area contributed by atoms with Crippen LogP contribution in [0, 0.1) is 5.92 Å². The maximum atomic E-state index is 5.58. The van der Waals surface area contributed by atoms with Gasteiger partial charge in [-0.2, -0.15) is 0 Å². The van der Waals surface area contributed by atoms with Crippen molar-refractivity contribution < 1.29 is 0 Å². The lowest BCUT2D eigenvalue weighted by Crippen LogP contribution is -2.20. The van der Waals surface area contributed by atoms with Crippen molar-refractivity contribution >= 4 is 0 Å². The second-order valence-corrected chi connectivity index (χ2v) is 5.41. The smallest absolute Gasteiger partial charge is 0.154 e. The van der Waals surface area contributed by atoms with E-state index in [2.05, 4.69) is 22.4 Å². The molecule has 0 saturated heterocycles. The van der Waals surface area contributed by atoms with Gasteiger partial charge in [0, 0.05) is 12.5 Å². The predicted molar refractivity (Wildman–Crippen MR) is 71.1 cm³/mol. The highest BCUT2D eigenvalue weighted by atomic mass is 15.5. The lowest BCUT2D eigenvalue weighted by Gasteiger charge is -2.27. The highest BCUT2D eigenvalue weighted by Crippen LogP contribution is 2.36. The second kappa shape index (κ2) is 6.83. The fourth-order valence-corrected chi connectivity index (χ4v) is 2.99. The van der Waals surface area contributed by atoms with Crippen molar-refractivity contribution in [3.05, 3.63) is 5.82 Å². The van der Waals surface area contributed by atoms with E-state index in [9.17, 15) is 0 Å². The topological polar surface area (TPSA) is 69.6 Å². The third-order valence-electron chi connectivity index (χ3n) is 4.08. The number of nitrogens with zero attached hydrogens (tertiary/aromatic N) is 4. The molecule has 1 saturated carbocycles. The molecule has 5 heteroatoms. The van der Waals surface area contributed by atoms with Crippen molar-refractivity contribution in [2.75, 3.05) is 6.54 Å². The van der Waals surface area contributed by atoms with Crippen LogP contribution in [0.3, 0.4) is 0 Å². The van der Waals surface area contributed by atoms with Gasteiger partial charge in [-0.25, -0.2) is 4.68 Å². The molecule has 1 aromatic heterocycles. The third kappa shape index (κ3) is 3.28. The van der Waals surface area contributed by atoms with Gasteiger partial charge in [-0.05, 0) is 42.0 Å². The molecule has 0 aliphatic heterocycles. The van der Waals surface area contributed by atoms with Crippen LogP contribution in [0.2, 0.25) is 0 Å². The van der Waals surface area contributed by atoms with Crippen LogP contribution in [-0.2, 0) is 6.54 Å². The number of nitrogens with two attached hydrogens (primary N) is 1. The van der Waals surface area contributed by atoms with Crippen LogP contribution in [-0.4, -0.2) is 26.8 Å². The van der Waals surface area contributed by atoms with E-state index in [1.54, 1.807) is 0 Å².